The van der Waals surface area contributed by atoms with Crippen molar-refractivity contribution in [2.45, 2.75) is 4.90 Å². The third kappa shape index (κ3) is 4.36. The van der Waals surface area contributed by atoms with E-state index in [-0.39, 0.29) is 5.82 Å². The Balaban J connectivity index is 1.47. The molecule has 5 aromatic rings. The molecule has 0 atom stereocenters. The van der Waals surface area contributed by atoms with Gasteiger partial charge in [-0.25, -0.2) is 4.39 Å². The molecule has 0 amide bonds. The lowest BCUT2D eigenvalue weighted by molar-refractivity contribution is 0.628. The Bertz CT molecular complexity index is 1350. The molecule has 0 saturated carbocycles. The van der Waals surface area contributed by atoms with Gasteiger partial charge >= 0.3 is 0 Å². The van der Waals surface area contributed by atoms with E-state index in [9.17, 15) is 4.39 Å². The summed E-state index contributed by atoms with van der Waals surface area (Å²) in [5.41, 5.74) is 6.37. The minimum atomic E-state index is -0.220. The first-order chi connectivity index (χ1) is 15.2. The van der Waals surface area contributed by atoms with Crippen LogP contribution < -0.4 is 0 Å². The molecule has 0 fully saturated rings. The molecule has 0 unspecified atom stereocenters. The molecule has 4 aromatic carbocycles. The lowest BCUT2D eigenvalue weighted by Crippen LogP contribution is -1.86. The summed E-state index contributed by atoms with van der Waals surface area (Å²) in [5, 5.41) is 2.32. The molecule has 0 aliphatic carbocycles. The van der Waals surface area contributed by atoms with Gasteiger partial charge in [0.1, 0.15) is 5.82 Å². The van der Waals surface area contributed by atoms with Crippen molar-refractivity contribution in [1.82, 2.24) is 4.98 Å². The summed E-state index contributed by atoms with van der Waals surface area (Å²) >= 11 is 2.29. The average Bonchev–Trinajstić information content (AvgIpc) is 2.84. The first-order valence-corrected chi connectivity index (χ1v) is 13.2. The smallest absolute Gasteiger partial charge is 0.123 e. The molecular formula is C27H17FINS. The van der Waals surface area contributed by atoms with Crippen molar-refractivity contribution < 1.29 is 4.39 Å². The predicted molar refractivity (Wildman–Crippen MR) is 138 cm³/mol. The maximum Gasteiger partial charge on any atom is 0.123 e. The zero-order valence-corrected chi connectivity index (χ0v) is 19.4. The van der Waals surface area contributed by atoms with Gasteiger partial charge in [-0.15, -0.1) is 0 Å². The molecule has 1 heterocycles. The number of rotatable bonds is 4. The van der Waals surface area contributed by atoms with Gasteiger partial charge < -0.3 is 0 Å². The molecule has 4 heteroatoms. The summed E-state index contributed by atoms with van der Waals surface area (Å²) in [5.74, 6) is -0.220. The number of fused-ring (bicyclic) bond motifs is 1. The topological polar surface area (TPSA) is 12.9 Å². The minimum Gasteiger partial charge on any atom is -0.256 e. The van der Waals surface area contributed by atoms with Crippen LogP contribution in [0.1, 0.15) is 0 Å². The largest absolute Gasteiger partial charge is 0.256 e. The van der Waals surface area contributed by atoms with E-state index in [2.05, 4.69) is 94.0 Å². The van der Waals surface area contributed by atoms with Gasteiger partial charge in [-0.05, 0) is 69.9 Å². The summed E-state index contributed by atoms with van der Waals surface area (Å²) in [4.78, 5) is 5.92. The van der Waals surface area contributed by atoms with Crippen molar-refractivity contribution in [1.29, 1.82) is 0 Å². The van der Waals surface area contributed by atoms with Gasteiger partial charge in [-0.1, -0.05) is 63.5 Å². The van der Waals surface area contributed by atoms with Gasteiger partial charge in [0, 0.05) is 43.4 Å². The predicted octanol–water partition coefficient (Wildman–Crippen LogP) is 8.82. The van der Waals surface area contributed by atoms with Crippen LogP contribution in [0, 0.1) is 5.82 Å². The fourth-order valence-corrected chi connectivity index (χ4v) is 4.78. The molecule has 0 N–H and O–H groups in total. The van der Waals surface area contributed by atoms with Gasteiger partial charge in [0.25, 0.3) is 0 Å². The van der Waals surface area contributed by atoms with Crippen LogP contribution in [0.3, 0.4) is 0 Å². The highest BCUT2D eigenvalue weighted by atomic mass is 127. The molecule has 31 heavy (non-hydrogen) atoms. The van der Waals surface area contributed by atoms with Gasteiger partial charge in [-0.3, -0.25) is 4.98 Å². The monoisotopic (exact) mass is 533 g/mol. The van der Waals surface area contributed by atoms with Gasteiger partial charge in [-0.2, -0.15) is 0 Å². The number of aromatic nitrogens is 1. The molecule has 0 aliphatic heterocycles. The van der Waals surface area contributed by atoms with E-state index < -0.39 is 0 Å². The Kier molecular flexibility index (Phi) is 5.74. The Morgan fingerprint density at radius 3 is 1.77 bits per heavy atom. The van der Waals surface area contributed by atoms with Gasteiger partial charge in [0.2, 0.25) is 0 Å². The van der Waals surface area contributed by atoms with Crippen molar-refractivity contribution in [2.75, 3.05) is 0 Å². The van der Waals surface area contributed by atoms with Crippen LogP contribution in [0.2, 0.25) is 0 Å². The van der Waals surface area contributed by atoms with Crippen LogP contribution >= 0.6 is 30.1 Å². The molecule has 5 rings (SSSR count). The Labute approximate surface area is 197 Å². The van der Waals surface area contributed by atoms with E-state index in [0.29, 0.717) is 0 Å². The standard InChI is InChI=1S/C27H17FINS/c28-25-10-5-18(6-11-25)21-3-1-19-2-4-22(16-24(19)15-21)23-9-14-27(30-17-23)20-7-12-26(31-29)13-8-20/h1-17H. The Hall–Kier alpha value is -2.70. The second kappa shape index (κ2) is 8.81. The summed E-state index contributed by atoms with van der Waals surface area (Å²) in [6.45, 7) is 0. The Morgan fingerprint density at radius 1 is 0.581 bits per heavy atom. The van der Waals surface area contributed by atoms with Crippen LogP contribution in [-0.2, 0) is 0 Å². The van der Waals surface area contributed by atoms with Crippen LogP contribution in [0.25, 0.3) is 44.3 Å². The summed E-state index contributed by atoms with van der Waals surface area (Å²) in [7, 11) is 1.71. The average molecular weight is 533 g/mol. The number of benzene rings is 4. The van der Waals surface area contributed by atoms with Crippen LogP contribution in [0.4, 0.5) is 4.39 Å². The third-order valence-electron chi connectivity index (χ3n) is 5.35. The fourth-order valence-electron chi connectivity index (χ4n) is 3.66. The zero-order valence-electron chi connectivity index (χ0n) is 16.4. The van der Waals surface area contributed by atoms with Crippen molar-refractivity contribution in [3.8, 4) is 33.5 Å². The maximum absolute atomic E-state index is 13.3. The first kappa shape index (κ1) is 20.2. The van der Waals surface area contributed by atoms with Crippen LogP contribution in [-0.4, -0.2) is 4.98 Å². The number of halogens is 2. The highest BCUT2D eigenvalue weighted by Crippen LogP contribution is 2.30. The van der Waals surface area contributed by atoms with Crippen molar-refractivity contribution in [3.63, 3.8) is 0 Å². The van der Waals surface area contributed by atoms with Crippen LogP contribution in [0.15, 0.2) is 108 Å². The molecule has 0 aliphatic rings. The van der Waals surface area contributed by atoms with E-state index in [1.165, 1.54) is 22.4 Å². The van der Waals surface area contributed by atoms with E-state index >= 15 is 0 Å². The van der Waals surface area contributed by atoms with Crippen molar-refractivity contribution >= 4 is 40.9 Å². The van der Waals surface area contributed by atoms with E-state index in [0.717, 1.165) is 38.9 Å². The van der Waals surface area contributed by atoms with Crippen LogP contribution in [0.5, 0.6) is 0 Å². The number of nitrogens with zero attached hydrogens (tertiary/aromatic N) is 1. The number of pyridine rings is 1. The summed E-state index contributed by atoms with van der Waals surface area (Å²) < 4.78 is 13.3. The lowest BCUT2D eigenvalue weighted by atomic mass is 9.98. The molecule has 1 aromatic heterocycles. The quantitative estimate of drug-likeness (QED) is 0.214. The fraction of sp³-hybridized carbons (Fsp3) is 0. The highest BCUT2D eigenvalue weighted by Gasteiger charge is 2.05. The zero-order chi connectivity index (χ0) is 21.2. The van der Waals surface area contributed by atoms with E-state index in [1.54, 1.807) is 8.93 Å². The second-order valence-corrected chi connectivity index (χ2v) is 9.26. The highest BCUT2D eigenvalue weighted by molar-refractivity contribution is 14.2. The van der Waals surface area contributed by atoms with E-state index in [1.807, 2.05) is 18.3 Å². The number of hydrogen-bond acceptors (Lipinski definition) is 2. The lowest BCUT2D eigenvalue weighted by Gasteiger charge is -2.08. The van der Waals surface area contributed by atoms with Gasteiger partial charge in [0.15, 0.2) is 0 Å². The SMILES string of the molecule is Fc1ccc(-c2ccc3ccc(-c4ccc(-c5ccc(SI)cc5)nc4)cc3c2)cc1. The molecule has 1 nitrogen and oxygen atoms in total. The maximum atomic E-state index is 13.3. The van der Waals surface area contributed by atoms with Gasteiger partial charge in [0.05, 0.1) is 5.69 Å². The third-order valence-corrected chi connectivity index (χ3v) is 7.33. The summed E-state index contributed by atoms with van der Waals surface area (Å²) in [6.07, 6.45) is 1.93. The Morgan fingerprint density at radius 2 is 1.16 bits per heavy atom. The molecule has 0 bridgehead atoms. The second-order valence-electron chi connectivity index (χ2n) is 7.32. The molecule has 150 valence electrons. The molecule has 0 saturated heterocycles. The first-order valence-electron chi connectivity index (χ1n) is 9.85. The summed E-state index contributed by atoms with van der Waals surface area (Å²) in [6, 6.07) is 32.0. The minimum absolute atomic E-state index is 0.220. The number of hydrogen-bond donors (Lipinski definition) is 0. The van der Waals surface area contributed by atoms with Crippen molar-refractivity contribution in [3.05, 3.63) is 109 Å². The van der Waals surface area contributed by atoms with Crippen molar-refractivity contribution in [2.24, 2.45) is 0 Å². The normalized spacial score (nSPS) is 11.0. The molecule has 0 radical (unpaired) electrons. The van der Waals surface area contributed by atoms with E-state index in [4.69, 9.17) is 4.98 Å². The molecular weight excluding hydrogens is 516 g/mol. The molecule has 0 spiro atoms.